The first-order chi connectivity index (χ1) is 70.0. The number of phosphoric acid groups is 2. The van der Waals surface area contributed by atoms with E-state index in [0.717, 1.165) is 20.0 Å². The number of nitrogens with two attached hydrogens (primary N) is 6. The van der Waals surface area contributed by atoms with E-state index in [9.17, 15) is 48.5 Å². The zero-order chi connectivity index (χ0) is 105. The average Bonchev–Trinajstić information content (AvgIpc) is 1.61. The molecule has 10 aromatic heterocycles. The van der Waals surface area contributed by atoms with Crippen molar-refractivity contribution < 1.29 is 164 Å². The first kappa shape index (κ1) is 112. The van der Waals surface area contributed by atoms with Crippen LogP contribution in [0.3, 0.4) is 0 Å². The summed E-state index contributed by atoms with van der Waals surface area (Å²) in [5, 5.41) is 10.9. The topological polar surface area (TPSA) is 833 Å². The summed E-state index contributed by atoms with van der Waals surface area (Å²) in [5.41, 5.74) is 34.8. The van der Waals surface area contributed by atoms with E-state index in [2.05, 4.69) is 69.8 Å². The molecule has 0 spiro atoms. The lowest BCUT2D eigenvalue weighted by atomic mass is 10.1. The molecule has 73 heteroatoms. The van der Waals surface area contributed by atoms with Crippen LogP contribution in [0.1, 0.15) is 61.3 Å². The number of nitrogen functional groups attached to an aromatic ring is 6. The van der Waals surface area contributed by atoms with Gasteiger partial charge in [0.25, 0.3) is 5.56 Å². The molecule has 0 aromatic carbocycles. The Balaban J connectivity index is 0.680. The molecule has 0 amide bonds. The highest BCUT2D eigenvalue weighted by Gasteiger charge is 2.58. The summed E-state index contributed by atoms with van der Waals surface area (Å²) in [4.78, 5) is 160. The number of aromatic amines is 1. The molecule has 0 radical (unpaired) electrons. The van der Waals surface area contributed by atoms with Gasteiger partial charge < -0.3 is 157 Å². The lowest BCUT2D eigenvalue weighted by Gasteiger charge is -2.30. The number of rotatable bonds is 51. The van der Waals surface area contributed by atoms with Gasteiger partial charge >= 0.3 is 54.8 Å². The summed E-state index contributed by atoms with van der Waals surface area (Å²) >= 11 is 17.2. The minimum Gasteiger partial charge on any atom is -0.394 e. The Morgan fingerprint density at radius 3 is 1.12 bits per heavy atom. The largest absolute Gasteiger partial charge is 0.472 e. The number of aromatic nitrogens is 20. The molecule has 6 saturated heterocycles. The zero-order valence-electron chi connectivity index (χ0n) is 78.8. The number of fused-ring (bicyclic) bond motifs is 4. The molecule has 16 heterocycles. The number of methoxy groups -OCH3 is 4. The second kappa shape index (κ2) is 47.3. The molecule has 64 nitrogen and oxygen atoms in total. The number of imidazole rings is 4. The number of phosphoric ester groups is 2. The van der Waals surface area contributed by atoms with E-state index in [1.54, 1.807) is 4.57 Å². The van der Waals surface area contributed by atoms with Gasteiger partial charge in [0.05, 0.1) is 130 Å². The molecule has 16 rings (SSSR count). The fourth-order valence-corrected chi connectivity index (χ4v) is 23.8. The van der Waals surface area contributed by atoms with Crippen molar-refractivity contribution in [2.24, 2.45) is 0 Å². The molecule has 10 aromatic rings. The van der Waals surface area contributed by atoms with Gasteiger partial charge in [-0.15, -0.1) is 0 Å². The third-order valence-corrected chi connectivity index (χ3v) is 31.7. The van der Waals surface area contributed by atoms with Crippen LogP contribution in [0.15, 0.2) is 71.1 Å². The van der Waals surface area contributed by atoms with E-state index in [4.69, 9.17) is 190 Å². The second-order valence-electron chi connectivity index (χ2n) is 33.4. The molecule has 19 N–H and O–H groups in total. The highest BCUT2D eigenvalue weighted by atomic mass is 32.5. The van der Waals surface area contributed by atoms with Crippen LogP contribution in [0, 0.1) is 13.8 Å². The van der Waals surface area contributed by atoms with Gasteiger partial charge in [-0.3, -0.25) is 68.9 Å². The number of hydrogen-bond acceptors (Lipinski definition) is 55. The maximum atomic E-state index is 15.5. The number of aryl methyl sites for hydroxylation is 2. The predicted octanol–water partition coefficient (Wildman–Crippen LogP) is -0.739. The molecule has 6 fully saturated rings. The van der Waals surface area contributed by atoms with Crippen molar-refractivity contribution in [3.05, 3.63) is 99.1 Å². The van der Waals surface area contributed by atoms with E-state index in [1.807, 2.05) is 0 Å². The van der Waals surface area contributed by atoms with Crippen LogP contribution in [0.25, 0.3) is 44.7 Å². The molecule has 28 atom stereocenters. The molecule has 147 heavy (non-hydrogen) atoms. The van der Waals surface area contributed by atoms with Crippen molar-refractivity contribution in [2.75, 3.05) is 169 Å². The van der Waals surface area contributed by atoms with E-state index in [-0.39, 0.29) is 144 Å². The van der Waals surface area contributed by atoms with Gasteiger partial charge in [-0.05, 0) is 49.3 Å². The van der Waals surface area contributed by atoms with Gasteiger partial charge in [0.1, 0.15) is 145 Å². The first-order valence-electron chi connectivity index (χ1n) is 44.3. The van der Waals surface area contributed by atoms with Crippen LogP contribution in [-0.4, -0.2) is 359 Å². The molecule has 0 saturated carbocycles. The third kappa shape index (κ3) is 25.7. The SMILES string of the molecule is COCCO[C@H]1C(OP(=O)(O)OC[C@H]2O[C@@H](n3cnc4c(=O)[nH]c(N)nc43)[C@@H](OCCOC)C2OP(=O)(O)OC[C@H]2O[C@@H](n3cc(C)c(N)nc3=O)[C@@H](OCCOC)C2OP(O)(=S)OC[C@H]2O[C@@H](n3cnc4c(N)ncnc43)CC2OP(O)(=S)OC[C@H]2O[C@@H](n3cnc4c(N)ncnc43)CC2OP(C)(=O)OC)[C@@H](COP(O)(=S)OC2[C@@H](CO)O[C@@H](n3cnc4c(N)ncnc43)[C@H]2OCCOC)O[C@H]1n1cc(C)c(N)nc1=O. The van der Waals surface area contributed by atoms with Gasteiger partial charge in [0, 0.05) is 78.6 Å². The second-order valence-corrected chi connectivity index (χ2v) is 46.7. The van der Waals surface area contributed by atoms with Crippen LogP contribution >= 0.6 is 43.4 Å². The predicted molar refractivity (Wildman–Crippen MR) is 512 cm³/mol. The van der Waals surface area contributed by atoms with Gasteiger partial charge in [0.2, 0.25) is 5.95 Å². The van der Waals surface area contributed by atoms with Crippen LogP contribution < -0.4 is 51.3 Å². The smallest absolute Gasteiger partial charge is 0.394 e. The molecule has 0 bridgehead atoms. The van der Waals surface area contributed by atoms with E-state index in [1.165, 1.54) is 116 Å². The van der Waals surface area contributed by atoms with Gasteiger partial charge in [0.15, 0.2) is 70.5 Å². The van der Waals surface area contributed by atoms with E-state index >= 15 is 9.13 Å². The number of H-pyrrole nitrogens is 1. The number of ether oxygens (including phenoxy) is 14. The van der Waals surface area contributed by atoms with Crippen LogP contribution in [-0.2, 0) is 170 Å². The molecule has 12 unspecified atom stereocenters. The number of aliphatic hydroxyl groups is 1. The van der Waals surface area contributed by atoms with Crippen molar-refractivity contribution in [3.63, 3.8) is 0 Å². The minimum absolute atomic E-state index is 0.00471. The summed E-state index contributed by atoms with van der Waals surface area (Å²) in [6.45, 7) is -17.4. The number of aliphatic hydroxyl groups excluding tert-OH is 1. The van der Waals surface area contributed by atoms with Crippen molar-refractivity contribution in [3.8, 4) is 0 Å². The monoisotopic (exact) mass is 2250 g/mol. The number of hydrogen-bond donors (Lipinski definition) is 13. The Labute approximate surface area is 845 Å². The molecular formula is C74H106N26O38P6S3. The average molecular weight is 2250 g/mol. The van der Waals surface area contributed by atoms with Gasteiger partial charge in [-0.2, -0.15) is 15.0 Å². The Hall–Kier alpha value is -8.08. The van der Waals surface area contributed by atoms with Crippen molar-refractivity contribution in [1.82, 2.24) is 97.2 Å². The quantitative estimate of drug-likeness (QED) is 0.0165. The summed E-state index contributed by atoms with van der Waals surface area (Å²) in [7, 11) is -9.04. The Kier molecular flexibility index (Phi) is 35.9. The Bertz CT molecular complexity index is 6830. The highest BCUT2D eigenvalue weighted by molar-refractivity contribution is 8.07. The maximum Gasteiger partial charge on any atom is 0.472 e. The van der Waals surface area contributed by atoms with Crippen molar-refractivity contribution >= 4 is 159 Å². The lowest BCUT2D eigenvalue weighted by molar-refractivity contribution is -0.0839. The summed E-state index contributed by atoms with van der Waals surface area (Å²) in [5.74, 6) is -0.767. The summed E-state index contributed by atoms with van der Waals surface area (Å²) in [6, 6.07) is 0. The number of nitrogens with one attached hydrogen (secondary N) is 1. The Morgan fingerprint density at radius 1 is 0.388 bits per heavy atom. The van der Waals surface area contributed by atoms with Crippen molar-refractivity contribution in [2.45, 2.75) is 162 Å². The molecule has 808 valence electrons. The number of anilines is 6. The van der Waals surface area contributed by atoms with E-state index < -0.39 is 248 Å². The lowest BCUT2D eigenvalue weighted by Crippen LogP contribution is -2.41. The van der Waals surface area contributed by atoms with Crippen LogP contribution in [0.4, 0.5) is 35.0 Å². The van der Waals surface area contributed by atoms with Crippen LogP contribution in [0.5, 0.6) is 0 Å². The zero-order valence-corrected chi connectivity index (χ0v) is 86.6. The van der Waals surface area contributed by atoms with Crippen molar-refractivity contribution in [1.29, 1.82) is 0 Å². The molecule has 6 aliphatic rings. The van der Waals surface area contributed by atoms with Gasteiger partial charge in [-0.1, -0.05) is 0 Å². The third-order valence-electron chi connectivity index (χ3n) is 23.7. The maximum absolute atomic E-state index is 15.5. The first-order valence-corrected chi connectivity index (χ1v) is 57.1. The Morgan fingerprint density at radius 2 is 0.721 bits per heavy atom. The molecular weight excluding hydrogens is 2140 g/mol. The van der Waals surface area contributed by atoms with Gasteiger partial charge in [-0.25, -0.2) is 68.6 Å². The fraction of sp³-hybridized carbons (Fsp3) is 0.622. The summed E-state index contributed by atoms with van der Waals surface area (Å²) in [6.07, 6.45) is -23.6. The van der Waals surface area contributed by atoms with E-state index in [0.29, 0.717) is 0 Å². The molecule has 0 aliphatic carbocycles. The van der Waals surface area contributed by atoms with Crippen LogP contribution in [0.2, 0.25) is 0 Å². The molecule has 6 aliphatic heterocycles. The fourth-order valence-electron chi connectivity index (χ4n) is 16.8. The highest BCUT2D eigenvalue weighted by Crippen LogP contribution is 2.59. The standard InChI is InChI=1S/C74H106N26O38P6S3/c1-34-19-95(73(103)91-58(34)75)68-55(119-14-10-114-4)52(43(131-68)26-126-144(112,147)137-50-38(21-101)129-70(54(50)118-13-9-113-3)99-32-89-48-62(79)83-29-86-65(48)99)136-140(106,107)122-24-41-51(56(120-15-11-115-5)71(132-41)100-33-90-49-66(100)93-72(80)94-67(49)102)135-141(108,109)123-25-42-53(57(121-16-12-116-6)69(130-42)96-20-35(2)59(76)92-74(96)104)138-143(111,146)125-23-40-37(18-45(128-40)98-31-88-47-61(78)82-28-85-64(47)98)134-142(110,145)124-22-39-36(133-139(8,105)117-7)17-44(127-39)97-30-87-46-60(77)81-27-84-63(46)97/h19-20,27-33,36-45,50-57,68-71,101H,9-18,21-26H2,1-8H3,(H,106,107)(H,108,109)(H,110,145)(H,111,146)(H,112,147)(H2,75,91,103)(H2,76,92,104)(H2,77,81,84)(H2,78,82,85)(H2,79,83,86)(H3,80,93,94,102)/t36?,37?,38-,39-,40-,41-,42-,43-,44-,45-,50?,51?,52?,53?,54+,55+,56+,57+,68-,69-,70-,71-,139?,142?,143?,144?/m1/s1. The normalized spacial score (nSPS) is 29.0. The number of nitrogens with zero attached hydrogens (tertiary/aromatic N) is 19. The minimum atomic E-state index is -5.93. The summed E-state index contributed by atoms with van der Waals surface area (Å²) < 4.78 is 209.